The first kappa shape index (κ1) is 19.8. The summed E-state index contributed by atoms with van der Waals surface area (Å²) in [5.41, 5.74) is 9.38. The average molecular weight is 377 g/mol. The third-order valence-electron chi connectivity index (χ3n) is 4.42. The summed E-state index contributed by atoms with van der Waals surface area (Å²) >= 11 is 2.04. The van der Waals surface area contributed by atoms with E-state index in [-0.39, 0.29) is 18.3 Å². The van der Waals surface area contributed by atoms with Crippen molar-refractivity contribution in [2.75, 3.05) is 5.32 Å². The first-order valence-corrected chi connectivity index (χ1v) is 9.60. The molecule has 1 saturated carbocycles. The van der Waals surface area contributed by atoms with Crippen molar-refractivity contribution in [3.05, 3.63) is 65.2 Å². The highest BCUT2D eigenvalue weighted by Gasteiger charge is 2.15. The fourth-order valence-corrected chi connectivity index (χ4v) is 4.28. The minimum absolute atomic E-state index is 0. The lowest BCUT2D eigenvalue weighted by Crippen LogP contribution is -2.12. The van der Waals surface area contributed by atoms with E-state index in [9.17, 15) is 4.79 Å². The molecule has 0 radical (unpaired) electrons. The number of nitrogens with one attached hydrogen (secondary N) is 1. The molecule has 134 valence electrons. The second-order valence-corrected chi connectivity index (χ2v) is 7.56. The van der Waals surface area contributed by atoms with Gasteiger partial charge in [-0.1, -0.05) is 37.1 Å². The van der Waals surface area contributed by atoms with Crippen LogP contribution in [0.3, 0.4) is 0 Å². The third-order valence-corrected chi connectivity index (χ3v) is 5.87. The van der Waals surface area contributed by atoms with E-state index in [1.165, 1.54) is 31.2 Å². The Hall–Kier alpha value is -1.49. The summed E-state index contributed by atoms with van der Waals surface area (Å²) in [6.07, 6.45) is 5.44. The molecule has 0 unspecified atom stereocenters. The zero-order valence-corrected chi connectivity index (χ0v) is 15.9. The number of amides is 1. The van der Waals surface area contributed by atoms with Crippen molar-refractivity contribution in [2.24, 2.45) is 5.73 Å². The summed E-state index contributed by atoms with van der Waals surface area (Å²) in [5, 5.41) is 3.79. The molecule has 0 saturated heterocycles. The predicted octanol–water partition coefficient (Wildman–Crippen LogP) is 5.00. The van der Waals surface area contributed by atoms with Gasteiger partial charge < -0.3 is 11.1 Å². The van der Waals surface area contributed by atoms with Gasteiger partial charge in [0.1, 0.15) is 0 Å². The summed E-state index contributed by atoms with van der Waals surface area (Å²) in [5.74, 6) is 0.929. The van der Waals surface area contributed by atoms with Gasteiger partial charge in [0.25, 0.3) is 5.91 Å². The minimum atomic E-state index is -0.0841. The Kier molecular flexibility index (Phi) is 7.82. The van der Waals surface area contributed by atoms with Crippen LogP contribution >= 0.6 is 24.2 Å². The van der Waals surface area contributed by atoms with Gasteiger partial charge in [-0.15, -0.1) is 12.4 Å². The van der Waals surface area contributed by atoms with E-state index in [1.807, 2.05) is 48.2 Å². The molecule has 0 spiro atoms. The second kappa shape index (κ2) is 9.85. The van der Waals surface area contributed by atoms with Crippen LogP contribution < -0.4 is 11.1 Å². The Labute approximate surface area is 160 Å². The molecule has 3 nitrogen and oxygen atoms in total. The molecule has 0 heterocycles. The smallest absolute Gasteiger partial charge is 0.255 e. The van der Waals surface area contributed by atoms with Gasteiger partial charge in [-0.05, 0) is 48.2 Å². The summed E-state index contributed by atoms with van der Waals surface area (Å²) in [6, 6.07) is 15.6. The normalized spacial score (nSPS) is 14.1. The van der Waals surface area contributed by atoms with Gasteiger partial charge in [0.15, 0.2) is 0 Å². The molecule has 1 fully saturated rings. The van der Waals surface area contributed by atoms with Gasteiger partial charge >= 0.3 is 0 Å². The minimum Gasteiger partial charge on any atom is -0.326 e. The molecule has 0 aliphatic heterocycles. The fraction of sp³-hybridized carbons (Fsp3) is 0.350. The maximum atomic E-state index is 12.3. The highest BCUT2D eigenvalue weighted by molar-refractivity contribution is 7.99. The van der Waals surface area contributed by atoms with Gasteiger partial charge in [0, 0.05) is 28.8 Å². The number of hydrogen-bond donors (Lipinski definition) is 2. The highest BCUT2D eigenvalue weighted by atomic mass is 35.5. The lowest BCUT2D eigenvalue weighted by molar-refractivity contribution is 0.102. The zero-order valence-electron chi connectivity index (χ0n) is 14.2. The average Bonchev–Trinajstić information content (AvgIpc) is 3.14. The maximum absolute atomic E-state index is 12.3. The van der Waals surface area contributed by atoms with Crippen LogP contribution in [0.5, 0.6) is 0 Å². The summed E-state index contributed by atoms with van der Waals surface area (Å²) in [4.78, 5) is 12.3. The van der Waals surface area contributed by atoms with Crippen molar-refractivity contribution < 1.29 is 4.79 Å². The monoisotopic (exact) mass is 376 g/mol. The molecule has 0 atom stereocenters. The Morgan fingerprint density at radius 3 is 2.48 bits per heavy atom. The van der Waals surface area contributed by atoms with Gasteiger partial charge in [0.05, 0.1) is 0 Å². The first-order chi connectivity index (χ1) is 11.7. The van der Waals surface area contributed by atoms with Crippen LogP contribution in [0.15, 0.2) is 48.5 Å². The molecule has 5 heteroatoms. The number of halogens is 1. The largest absolute Gasteiger partial charge is 0.326 e. The quantitative estimate of drug-likeness (QED) is 0.746. The number of carbonyl (C=O) groups is 1. The van der Waals surface area contributed by atoms with Crippen LogP contribution in [0, 0.1) is 0 Å². The Bertz CT molecular complexity index is 684. The highest BCUT2D eigenvalue weighted by Crippen LogP contribution is 2.31. The lowest BCUT2D eigenvalue weighted by atomic mass is 10.1. The zero-order chi connectivity index (χ0) is 16.8. The van der Waals surface area contributed by atoms with Crippen molar-refractivity contribution in [3.63, 3.8) is 0 Å². The number of anilines is 1. The molecule has 3 rings (SSSR count). The summed E-state index contributed by atoms with van der Waals surface area (Å²) in [6.45, 7) is 0.489. The van der Waals surface area contributed by atoms with Crippen LogP contribution in [0.4, 0.5) is 5.69 Å². The van der Waals surface area contributed by atoms with E-state index < -0.39 is 0 Å². The number of thioether (sulfide) groups is 1. The number of nitrogens with two attached hydrogens (primary N) is 1. The van der Waals surface area contributed by atoms with Gasteiger partial charge in [-0.3, -0.25) is 4.79 Å². The first-order valence-electron chi connectivity index (χ1n) is 8.55. The van der Waals surface area contributed by atoms with Crippen LogP contribution in [-0.4, -0.2) is 11.2 Å². The number of carbonyl (C=O) groups excluding carboxylic acids is 1. The molecular weight excluding hydrogens is 352 g/mol. The Morgan fingerprint density at radius 2 is 1.80 bits per heavy atom. The van der Waals surface area contributed by atoms with Crippen molar-refractivity contribution in [2.45, 2.75) is 43.2 Å². The molecule has 0 bridgehead atoms. The van der Waals surface area contributed by atoms with E-state index in [2.05, 4.69) is 17.4 Å². The standard InChI is InChI=1S/C20H24N2OS.ClH/c21-13-15-8-10-17(11-9-15)20(23)22-18-5-3-4-16(12-18)14-24-19-6-1-2-7-19;/h3-5,8-12,19H,1-2,6-7,13-14,21H2,(H,22,23);1H. The van der Waals surface area contributed by atoms with E-state index >= 15 is 0 Å². The molecular formula is C20H25ClN2OS. The topological polar surface area (TPSA) is 55.1 Å². The SMILES string of the molecule is Cl.NCc1ccc(C(=O)Nc2cccc(CSC3CCCC3)c2)cc1. The Morgan fingerprint density at radius 1 is 1.08 bits per heavy atom. The molecule has 3 N–H and O–H groups in total. The summed E-state index contributed by atoms with van der Waals surface area (Å²) < 4.78 is 0. The van der Waals surface area contributed by atoms with Crippen molar-refractivity contribution in [1.82, 2.24) is 0 Å². The molecule has 1 aliphatic rings. The Balaban J connectivity index is 0.00000225. The second-order valence-electron chi connectivity index (χ2n) is 6.27. The van der Waals surface area contributed by atoms with Gasteiger partial charge in [-0.25, -0.2) is 0 Å². The van der Waals surface area contributed by atoms with Crippen molar-refractivity contribution in [1.29, 1.82) is 0 Å². The molecule has 1 amide bonds. The number of rotatable bonds is 6. The summed E-state index contributed by atoms with van der Waals surface area (Å²) in [7, 11) is 0. The molecule has 25 heavy (non-hydrogen) atoms. The van der Waals surface area contributed by atoms with E-state index in [0.29, 0.717) is 12.1 Å². The molecule has 2 aromatic rings. The van der Waals surface area contributed by atoms with Crippen LogP contribution in [-0.2, 0) is 12.3 Å². The molecule has 2 aromatic carbocycles. The number of hydrogen-bond acceptors (Lipinski definition) is 3. The third kappa shape index (κ3) is 5.77. The van der Waals surface area contributed by atoms with E-state index in [1.54, 1.807) is 0 Å². The number of benzene rings is 2. The fourth-order valence-electron chi connectivity index (χ4n) is 3.00. The van der Waals surface area contributed by atoms with E-state index in [4.69, 9.17) is 5.73 Å². The van der Waals surface area contributed by atoms with Crippen molar-refractivity contribution >= 4 is 35.8 Å². The maximum Gasteiger partial charge on any atom is 0.255 e. The van der Waals surface area contributed by atoms with Crippen LogP contribution in [0.1, 0.15) is 47.2 Å². The van der Waals surface area contributed by atoms with Crippen LogP contribution in [0.2, 0.25) is 0 Å². The predicted molar refractivity (Wildman–Crippen MR) is 110 cm³/mol. The van der Waals surface area contributed by atoms with Crippen molar-refractivity contribution in [3.8, 4) is 0 Å². The van der Waals surface area contributed by atoms with Gasteiger partial charge in [0.2, 0.25) is 0 Å². The van der Waals surface area contributed by atoms with E-state index in [0.717, 1.165) is 22.3 Å². The lowest BCUT2D eigenvalue weighted by Gasteiger charge is -2.10. The van der Waals surface area contributed by atoms with Crippen LogP contribution in [0.25, 0.3) is 0 Å². The molecule has 1 aliphatic carbocycles. The van der Waals surface area contributed by atoms with Gasteiger partial charge in [-0.2, -0.15) is 11.8 Å². The molecule has 0 aromatic heterocycles.